The van der Waals surface area contributed by atoms with Gasteiger partial charge in [-0.1, -0.05) is 41.4 Å². The van der Waals surface area contributed by atoms with Crippen LogP contribution in [0.25, 0.3) is 10.9 Å². The maximum absolute atomic E-state index is 12.2. The lowest BCUT2D eigenvalue weighted by Crippen LogP contribution is -2.30. The summed E-state index contributed by atoms with van der Waals surface area (Å²) in [5, 5.41) is 7.37. The molecule has 0 aliphatic rings. The molecule has 1 aromatic heterocycles. The van der Waals surface area contributed by atoms with E-state index in [1.165, 1.54) is 6.07 Å². The molecule has 0 aliphatic heterocycles. The van der Waals surface area contributed by atoms with E-state index in [9.17, 15) is 9.59 Å². The van der Waals surface area contributed by atoms with E-state index < -0.39 is 0 Å². The summed E-state index contributed by atoms with van der Waals surface area (Å²) in [7, 11) is 0. The smallest absolute Gasteiger partial charge is 0.267 e. The summed E-state index contributed by atoms with van der Waals surface area (Å²) in [5.41, 5.74) is 1.77. The first-order valence-electron chi connectivity index (χ1n) is 8.14. The summed E-state index contributed by atoms with van der Waals surface area (Å²) in [6, 6.07) is 14.2. The quantitative estimate of drug-likeness (QED) is 0.556. The maximum atomic E-state index is 12.2. The number of H-pyrrole nitrogens is 1. The van der Waals surface area contributed by atoms with Crippen molar-refractivity contribution in [3.8, 4) is 0 Å². The SMILES string of the molecule is O=C(NCCCNC(=O)c1cc(Cl)ccc1Cl)c1cc2ccccc2[nH]1. The van der Waals surface area contributed by atoms with Crippen molar-refractivity contribution in [3.05, 3.63) is 69.8 Å². The number of halogens is 2. The molecule has 0 saturated carbocycles. The molecular weight excluding hydrogens is 373 g/mol. The second-order valence-electron chi connectivity index (χ2n) is 5.76. The van der Waals surface area contributed by atoms with Crippen LogP contribution < -0.4 is 10.6 Å². The minimum Gasteiger partial charge on any atom is -0.352 e. The molecule has 0 fully saturated rings. The number of para-hydroxylation sites is 1. The van der Waals surface area contributed by atoms with Gasteiger partial charge in [-0.15, -0.1) is 0 Å². The first-order valence-corrected chi connectivity index (χ1v) is 8.89. The van der Waals surface area contributed by atoms with E-state index in [0.717, 1.165) is 10.9 Å². The lowest BCUT2D eigenvalue weighted by molar-refractivity contribution is 0.0948. The number of hydrogen-bond acceptors (Lipinski definition) is 2. The molecule has 0 unspecified atom stereocenters. The van der Waals surface area contributed by atoms with Crippen LogP contribution in [0.15, 0.2) is 48.5 Å². The average molecular weight is 390 g/mol. The molecular formula is C19H17Cl2N3O2. The van der Waals surface area contributed by atoms with Crippen LogP contribution in [0.2, 0.25) is 10.0 Å². The van der Waals surface area contributed by atoms with Gasteiger partial charge in [0.1, 0.15) is 5.69 Å². The average Bonchev–Trinajstić information content (AvgIpc) is 3.07. The van der Waals surface area contributed by atoms with Gasteiger partial charge in [-0.05, 0) is 36.8 Å². The van der Waals surface area contributed by atoms with Crippen LogP contribution in [-0.4, -0.2) is 29.9 Å². The van der Waals surface area contributed by atoms with E-state index in [1.54, 1.807) is 12.1 Å². The molecule has 3 N–H and O–H groups in total. The monoisotopic (exact) mass is 389 g/mol. The third kappa shape index (κ3) is 4.36. The minimum absolute atomic E-state index is 0.176. The highest BCUT2D eigenvalue weighted by molar-refractivity contribution is 6.35. The molecule has 1 heterocycles. The second kappa shape index (κ2) is 8.25. The van der Waals surface area contributed by atoms with Gasteiger partial charge in [0.05, 0.1) is 10.6 Å². The van der Waals surface area contributed by atoms with E-state index >= 15 is 0 Å². The van der Waals surface area contributed by atoms with Crippen molar-refractivity contribution in [1.29, 1.82) is 0 Å². The Bertz CT molecular complexity index is 920. The maximum Gasteiger partial charge on any atom is 0.267 e. The number of benzene rings is 2. The third-order valence-electron chi connectivity index (χ3n) is 3.87. The number of carbonyl (C=O) groups is 2. The molecule has 7 heteroatoms. The molecule has 2 aromatic carbocycles. The number of hydrogen-bond donors (Lipinski definition) is 3. The third-order valence-corrected chi connectivity index (χ3v) is 4.44. The van der Waals surface area contributed by atoms with Crippen molar-refractivity contribution < 1.29 is 9.59 Å². The highest BCUT2D eigenvalue weighted by atomic mass is 35.5. The Hall–Kier alpha value is -2.50. The van der Waals surface area contributed by atoms with E-state index in [-0.39, 0.29) is 11.8 Å². The number of aromatic amines is 1. The van der Waals surface area contributed by atoms with E-state index in [1.807, 2.05) is 30.3 Å². The van der Waals surface area contributed by atoms with E-state index in [0.29, 0.717) is 40.8 Å². The topological polar surface area (TPSA) is 74.0 Å². The lowest BCUT2D eigenvalue weighted by atomic mass is 10.2. The van der Waals surface area contributed by atoms with Gasteiger partial charge in [0.25, 0.3) is 11.8 Å². The molecule has 0 spiro atoms. The van der Waals surface area contributed by atoms with Gasteiger partial charge < -0.3 is 15.6 Å². The fourth-order valence-electron chi connectivity index (χ4n) is 2.55. The van der Waals surface area contributed by atoms with Crippen LogP contribution in [0, 0.1) is 0 Å². The minimum atomic E-state index is -0.292. The van der Waals surface area contributed by atoms with Crippen LogP contribution in [0.1, 0.15) is 27.3 Å². The number of carbonyl (C=O) groups excluding carboxylic acids is 2. The molecule has 3 rings (SSSR count). The van der Waals surface area contributed by atoms with Gasteiger partial charge in [-0.25, -0.2) is 0 Å². The number of fused-ring (bicyclic) bond motifs is 1. The Balaban J connectivity index is 1.44. The molecule has 0 saturated heterocycles. The zero-order chi connectivity index (χ0) is 18.5. The van der Waals surface area contributed by atoms with Crippen LogP contribution in [0.3, 0.4) is 0 Å². The predicted octanol–water partition coefficient (Wildman–Crippen LogP) is 4.02. The van der Waals surface area contributed by atoms with Crippen LogP contribution in [0.5, 0.6) is 0 Å². The molecule has 0 aliphatic carbocycles. The molecule has 3 aromatic rings. The van der Waals surface area contributed by atoms with Gasteiger partial charge >= 0.3 is 0 Å². The largest absolute Gasteiger partial charge is 0.352 e. The lowest BCUT2D eigenvalue weighted by Gasteiger charge is -2.08. The second-order valence-corrected chi connectivity index (χ2v) is 6.60. The molecule has 26 heavy (non-hydrogen) atoms. The van der Waals surface area contributed by atoms with Gasteiger partial charge in [0.15, 0.2) is 0 Å². The Labute approximate surface area is 160 Å². The first kappa shape index (κ1) is 18.3. The number of amides is 2. The Morgan fingerprint density at radius 1 is 0.923 bits per heavy atom. The molecule has 0 radical (unpaired) electrons. The Kier molecular flexibility index (Phi) is 5.81. The summed E-state index contributed by atoms with van der Waals surface area (Å²) >= 11 is 11.9. The molecule has 0 bridgehead atoms. The van der Waals surface area contributed by atoms with Gasteiger partial charge in [-0.3, -0.25) is 9.59 Å². The van der Waals surface area contributed by atoms with Crippen molar-refractivity contribution in [2.75, 3.05) is 13.1 Å². The van der Waals surface area contributed by atoms with Crippen molar-refractivity contribution in [3.63, 3.8) is 0 Å². The van der Waals surface area contributed by atoms with Crippen molar-refractivity contribution in [1.82, 2.24) is 15.6 Å². The van der Waals surface area contributed by atoms with Gasteiger partial charge in [-0.2, -0.15) is 0 Å². The fourth-order valence-corrected chi connectivity index (χ4v) is 2.93. The Morgan fingerprint density at radius 3 is 2.42 bits per heavy atom. The number of nitrogens with one attached hydrogen (secondary N) is 3. The standard InChI is InChI=1S/C19H17Cl2N3O2/c20-13-6-7-15(21)14(11-13)18(25)22-8-3-9-23-19(26)17-10-12-4-1-2-5-16(12)24-17/h1-2,4-7,10-11,24H,3,8-9H2,(H,22,25)(H,23,26). The molecule has 5 nitrogen and oxygen atoms in total. The Morgan fingerprint density at radius 2 is 1.65 bits per heavy atom. The summed E-state index contributed by atoms with van der Waals surface area (Å²) in [4.78, 5) is 27.3. The van der Waals surface area contributed by atoms with Crippen LogP contribution in [-0.2, 0) is 0 Å². The highest BCUT2D eigenvalue weighted by Gasteiger charge is 2.11. The van der Waals surface area contributed by atoms with Gasteiger partial charge in [0, 0.05) is 29.0 Å². The summed E-state index contributed by atoms with van der Waals surface area (Å²) in [5.74, 6) is -0.468. The van der Waals surface area contributed by atoms with E-state index in [4.69, 9.17) is 23.2 Å². The van der Waals surface area contributed by atoms with Crippen LogP contribution >= 0.6 is 23.2 Å². The zero-order valence-electron chi connectivity index (χ0n) is 13.8. The summed E-state index contributed by atoms with van der Waals surface area (Å²) in [6.07, 6.45) is 0.593. The highest BCUT2D eigenvalue weighted by Crippen LogP contribution is 2.20. The van der Waals surface area contributed by atoms with E-state index in [2.05, 4.69) is 15.6 Å². The summed E-state index contributed by atoms with van der Waals surface area (Å²) in [6.45, 7) is 0.854. The van der Waals surface area contributed by atoms with Crippen molar-refractivity contribution in [2.24, 2.45) is 0 Å². The summed E-state index contributed by atoms with van der Waals surface area (Å²) < 4.78 is 0. The molecule has 134 valence electrons. The number of rotatable bonds is 6. The zero-order valence-corrected chi connectivity index (χ0v) is 15.3. The van der Waals surface area contributed by atoms with Crippen molar-refractivity contribution >= 4 is 45.9 Å². The molecule has 0 atom stereocenters. The molecule has 2 amide bonds. The first-order chi connectivity index (χ1) is 12.5. The van der Waals surface area contributed by atoms with Gasteiger partial charge in [0.2, 0.25) is 0 Å². The number of aromatic nitrogens is 1. The van der Waals surface area contributed by atoms with Crippen molar-refractivity contribution in [2.45, 2.75) is 6.42 Å². The fraction of sp³-hybridized carbons (Fsp3) is 0.158. The normalized spacial score (nSPS) is 10.7. The predicted molar refractivity (Wildman–Crippen MR) is 104 cm³/mol. The van der Waals surface area contributed by atoms with Crippen LogP contribution in [0.4, 0.5) is 0 Å².